The van der Waals surface area contributed by atoms with Gasteiger partial charge in [0.25, 0.3) is 0 Å². The van der Waals surface area contributed by atoms with E-state index in [0.29, 0.717) is 11.8 Å². The second kappa shape index (κ2) is 15.0. The van der Waals surface area contributed by atoms with Crippen molar-refractivity contribution in [1.82, 2.24) is 19.1 Å². The lowest BCUT2D eigenvalue weighted by atomic mass is 9.64. The van der Waals surface area contributed by atoms with Crippen LogP contribution in [0.1, 0.15) is 72.9 Å². The van der Waals surface area contributed by atoms with Crippen LogP contribution in [-0.2, 0) is 5.41 Å². The van der Waals surface area contributed by atoms with Gasteiger partial charge >= 0.3 is 0 Å². The molecule has 2 heterocycles. The maximum Gasteiger partial charge on any atom is 0.145 e. The van der Waals surface area contributed by atoms with Crippen molar-refractivity contribution in [3.8, 4) is 34.2 Å². The summed E-state index contributed by atoms with van der Waals surface area (Å²) >= 11 is 0. The summed E-state index contributed by atoms with van der Waals surface area (Å²) in [4.78, 5) is 10.3. The van der Waals surface area contributed by atoms with E-state index in [9.17, 15) is 0 Å². The first-order valence-corrected chi connectivity index (χ1v) is 20.0. The van der Waals surface area contributed by atoms with Gasteiger partial charge in [0.05, 0.1) is 22.1 Å². The molecule has 9 aromatic rings. The van der Waals surface area contributed by atoms with Crippen molar-refractivity contribution >= 4 is 11.0 Å². The van der Waals surface area contributed by atoms with Gasteiger partial charge in [-0.3, -0.25) is 9.13 Å². The minimum atomic E-state index is -0.686. The summed E-state index contributed by atoms with van der Waals surface area (Å²) in [5.41, 5.74) is 13.1. The number of imidazole rings is 2. The van der Waals surface area contributed by atoms with Crippen molar-refractivity contribution in [3.05, 3.63) is 228 Å². The highest BCUT2D eigenvalue weighted by Gasteiger charge is 2.39. The molecule has 0 atom stereocenters. The maximum absolute atomic E-state index is 5.44. The smallest absolute Gasteiger partial charge is 0.145 e. The molecule has 7 aromatic carbocycles. The lowest BCUT2D eigenvalue weighted by molar-refractivity contribution is 0.745. The molecule has 0 amide bonds. The van der Waals surface area contributed by atoms with E-state index in [0.717, 1.165) is 50.6 Å². The van der Waals surface area contributed by atoms with E-state index in [1.54, 1.807) is 0 Å². The Labute approximate surface area is 335 Å². The Balaban J connectivity index is 1.32. The zero-order valence-electron chi connectivity index (χ0n) is 32.9. The number of benzene rings is 7. The van der Waals surface area contributed by atoms with Gasteiger partial charge in [-0.1, -0.05) is 173 Å². The average molecular weight is 739 g/mol. The molecule has 0 fully saturated rings. The highest BCUT2D eigenvalue weighted by Crippen LogP contribution is 2.47. The number of hydrogen-bond donors (Lipinski definition) is 0. The molecule has 0 N–H and O–H groups in total. The van der Waals surface area contributed by atoms with Crippen LogP contribution in [0, 0.1) is 0 Å². The van der Waals surface area contributed by atoms with E-state index in [-0.39, 0.29) is 0 Å². The third-order valence-electron chi connectivity index (χ3n) is 11.3. The zero-order chi connectivity index (χ0) is 38.9. The third-order valence-corrected chi connectivity index (χ3v) is 11.3. The number of fused-ring (bicyclic) bond motifs is 1. The first kappa shape index (κ1) is 35.9. The zero-order valence-corrected chi connectivity index (χ0v) is 32.9. The van der Waals surface area contributed by atoms with E-state index in [1.165, 1.54) is 27.9 Å². The Kier molecular flexibility index (Phi) is 9.47. The molecule has 9 rings (SSSR count). The van der Waals surface area contributed by atoms with Crippen molar-refractivity contribution in [2.75, 3.05) is 0 Å². The minimum absolute atomic E-state index is 0.327. The molecule has 0 radical (unpaired) electrons. The van der Waals surface area contributed by atoms with Crippen LogP contribution in [0.15, 0.2) is 194 Å². The van der Waals surface area contributed by atoms with Crippen LogP contribution in [0.5, 0.6) is 0 Å². The van der Waals surface area contributed by atoms with Gasteiger partial charge in [0, 0.05) is 29.2 Å². The highest BCUT2D eigenvalue weighted by molar-refractivity contribution is 5.84. The molecule has 0 aliphatic rings. The van der Waals surface area contributed by atoms with Gasteiger partial charge in [0.15, 0.2) is 0 Å². The van der Waals surface area contributed by atoms with Crippen molar-refractivity contribution in [1.29, 1.82) is 0 Å². The summed E-state index contributed by atoms with van der Waals surface area (Å²) in [6, 6.07) is 65.7. The second-order valence-electron chi connectivity index (χ2n) is 15.5. The Morgan fingerprint density at radius 3 is 1.54 bits per heavy atom. The molecule has 4 nitrogen and oxygen atoms in total. The minimum Gasteiger partial charge on any atom is -0.300 e. The summed E-state index contributed by atoms with van der Waals surface area (Å²) in [6.07, 6.45) is 3.92. The lowest BCUT2D eigenvalue weighted by Crippen LogP contribution is -2.31. The summed E-state index contributed by atoms with van der Waals surface area (Å²) in [7, 11) is 0. The normalized spacial score (nSPS) is 11.8. The van der Waals surface area contributed by atoms with Gasteiger partial charge < -0.3 is 0 Å². The largest absolute Gasteiger partial charge is 0.300 e. The fraction of sp³-hybridized carbons (Fsp3) is 0.132. The molecule has 2 aromatic heterocycles. The molecule has 0 saturated heterocycles. The Hall–Kier alpha value is -6.78. The average Bonchev–Trinajstić information content (AvgIpc) is 3.91. The van der Waals surface area contributed by atoms with Crippen molar-refractivity contribution < 1.29 is 0 Å². The second-order valence-corrected chi connectivity index (χ2v) is 15.5. The van der Waals surface area contributed by atoms with Gasteiger partial charge in [-0.15, -0.1) is 0 Å². The van der Waals surface area contributed by atoms with Gasteiger partial charge in [-0.05, 0) is 81.6 Å². The molecule has 278 valence electrons. The van der Waals surface area contributed by atoms with Gasteiger partial charge in [-0.25, -0.2) is 9.97 Å². The Bertz CT molecular complexity index is 2730. The molecule has 4 heteroatoms. The number of para-hydroxylation sites is 4. The quantitative estimate of drug-likeness (QED) is 0.131. The van der Waals surface area contributed by atoms with Gasteiger partial charge in [0.1, 0.15) is 11.6 Å². The van der Waals surface area contributed by atoms with E-state index >= 15 is 0 Å². The number of nitrogens with zero attached hydrogens (tertiary/aromatic N) is 4. The standard InChI is InChI=1S/C53H46N4/c1-37(2)46-29-18-30-47(38(3)4)50(46)57-49-32-15-14-31-48(49)55-52(57)40-20-17-26-44(36-40)53(41-21-8-5-9-22-41,42-23-10-6-11-24-42)43-25-16-19-39(35-43)51-54-33-34-56(51)45-27-12-7-13-28-45/h5-38H,1-4H3. The summed E-state index contributed by atoms with van der Waals surface area (Å²) in [6.45, 7) is 9.15. The van der Waals surface area contributed by atoms with Crippen LogP contribution in [0.4, 0.5) is 0 Å². The fourth-order valence-electron chi connectivity index (χ4n) is 8.69. The fourth-order valence-corrected chi connectivity index (χ4v) is 8.69. The lowest BCUT2D eigenvalue weighted by Gasteiger charge is -2.37. The third kappa shape index (κ3) is 6.28. The number of aromatic nitrogens is 4. The van der Waals surface area contributed by atoms with Crippen LogP contribution in [0.25, 0.3) is 45.2 Å². The molecular formula is C53H46N4. The van der Waals surface area contributed by atoms with E-state index < -0.39 is 5.41 Å². The SMILES string of the molecule is CC(C)c1cccc(C(C)C)c1-n1c(-c2cccc(C(c3ccccc3)(c3ccccc3)c3cccc(-c4nccn4-c4ccccc4)c3)c2)nc2ccccc21. The summed E-state index contributed by atoms with van der Waals surface area (Å²) in [5.74, 6) is 2.48. The van der Waals surface area contributed by atoms with E-state index in [1.807, 2.05) is 18.5 Å². The van der Waals surface area contributed by atoms with Gasteiger partial charge in [0.2, 0.25) is 0 Å². The Morgan fingerprint density at radius 2 is 0.965 bits per heavy atom. The first-order chi connectivity index (χ1) is 27.9. The number of hydrogen-bond acceptors (Lipinski definition) is 2. The van der Waals surface area contributed by atoms with Crippen molar-refractivity contribution in [2.45, 2.75) is 44.9 Å². The molecule has 57 heavy (non-hydrogen) atoms. The molecule has 0 aliphatic heterocycles. The molecule has 0 bridgehead atoms. The molecule has 0 spiro atoms. The van der Waals surface area contributed by atoms with E-state index in [2.05, 4.69) is 213 Å². The van der Waals surface area contributed by atoms with Crippen LogP contribution in [0.3, 0.4) is 0 Å². The van der Waals surface area contributed by atoms with Gasteiger partial charge in [-0.2, -0.15) is 0 Å². The summed E-state index contributed by atoms with van der Waals surface area (Å²) < 4.78 is 4.59. The van der Waals surface area contributed by atoms with Crippen LogP contribution >= 0.6 is 0 Å². The van der Waals surface area contributed by atoms with Crippen LogP contribution < -0.4 is 0 Å². The van der Waals surface area contributed by atoms with Crippen molar-refractivity contribution in [2.24, 2.45) is 0 Å². The Morgan fingerprint density at radius 1 is 0.474 bits per heavy atom. The number of rotatable bonds is 10. The van der Waals surface area contributed by atoms with E-state index in [4.69, 9.17) is 9.97 Å². The monoisotopic (exact) mass is 738 g/mol. The predicted molar refractivity (Wildman–Crippen MR) is 236 cm³/mol. The maximum atomic E-state index is 5.44. The van der Waals surface area contributed by atoms with Crippen LogP contribution in [-0.4, -0.2) is 19.1 Å². The molecule has 0 saturated carbocycles. The highest BCUT2D eigenvalue weighted by atomic mass is 15.1. The molecule has 0 unspecified atom stereocenters. The summed E-state index contributed by atoms with van der Waals surface area (Å²) in [5, 5.41) is 0. The molecule has 0 aliphatic carbocycles. The van der Waals surface area contributed by atoms with Crippen molar-refractivity contribution in [3.63, 3.8) is 0 Å². The predicted octanol–water partition coefficient (Wildman–Crippen LogP) is 13.2. The molecular weight excluding hydrogens is 693 g/mol. The first-order valence-electron chi connectivity index (χ1n) is 20.0. The van der Waals surface area contributed by atoms with Crippen LogP contribution in [0.2, 0.25) is 0 Å². The topological polar surface area (TPSA) is 35.6 Å².